The number of amides is 2. The maximum absolute atomic E-state index is 12.6. The normalized spacial score (nSPS) is 11.8. The molecule has 7 nitrogen and oxygen atoms in total. The summed E-state index contributed by atoms with van der Waals surface area (Å²) in [6, 6.07) is 9.60. The van der Waals surface area contributed by atoms with Crippen LogP contribution in [0, 0.1) is 6.92 Å². The molecule has 2 N–H and O–H groups in total. The summed E-state index contributed by atoms with van der Waals surface area (Å²) in [5, 5.41) is 16.1. The van der Waals surface area contributed by atoms with Crippen LogP contribution in [-0.4, -0.2) is 32.3 Å². The van der Waals surface area contributed by atoms with E-state index in [1.807, 2.05) is 18.4 Å². The van der Waals surface area contributed by atoms with E-state index < -0.39 is 6.04 Å². The third kappa shape index (κ3) is 6.20. The largest absolute Gasteiger partial charge is 0.342 e. The lowest BCUT2D eigenvalue weighted by atomic mass is 10.2. The monoisotopic (exact) mass is 525 g/mol. The summed E-state index contributed by atoms with van der Waals surface area (Å²) in [7, 11) is 0. The Kier molecular flexibility index (Phi) is 8.64. The fourth-order valence-electron chi connectivity index (χ4n) is 3.10. The molecule has 0 saturated carbocycles. The van der Waals surface area contributed by atoms with Gasteiger partial charge in [-0.05, 0) is 56.7 Å². The van der Waals surface area contributed by atoms with E-state index in [0.717, 1.165) is 5.56 Å². The molecule has 0 spiro atoms. The van der Waals surface area contributed by atoms with E-state index in [9.17, 15) is 9.59 Å². The van der Waals surface area contributed by atoms with Gasteiger partial charge in [0.2, 0.25) is 5.91 Å². The van der Waals surface area contributed by atoms with Crippen LogP contribution < -0.4 is 10.6 Å². The van der Waals surface area contributed by atoms with Crippen molar-refractivity contribution in [2.24, 2.45) is 0 Å². The first-order valence-electron chi connectivity index (χ1n) is 10.1. The van der Waals surface area contributed by atoms with Crippen molar-refractivity contribution in [3.8, 4) is 0 Å². The second kappa shape index (κ2) is 11.2. The van der Waals surface area contributed by atoms with Crippen LogP contribution >= 0.6 is 46.6 Å². The van der Waals surface area contributed by atoms with Crippen molar-refractivity contribution < 1.29 is 9.59 Å². The van der Waals surface area contributed by atoms with Crippen molar-refractivity contribution in [2.45, 2.75) is 38.5 Å². The molecule has 3 aromatic rings. The van der Waals surface area contributed by atoms with Crippen LogP contribution in [0.4, 0.5) is 5.69 Å². The number of nitrogens with zero attached hydrogens (tertiary/aromatic N) is 3. The Balaban J connectivity index is 1.65. The maximum Gasteiger partial charge on any atom is 0.253 e. The fraction of sp³-hybridized carbons (Fsp3) is 0.273. The summed E-state index contributed by atoms with van der Waals surface area (Å²) in [4.78, 5) is 25.1. The van der Waals surface area contributed by atoms with Crippen molar-refractivity contribution in [3.63, 3.8) is 0 Å². The van der Waals surface area contributed by atoms with E-state index in [1.54, 1.807) is 37.3 Å². The molecule has 1 aromatic heterocycles. The van der Waals surface area contributed by atoms with Gasteiger partial charge in [-0.3, -0.25) is 9.59 Å². The van der Waals surface area contributed by atoms with Crippen molar-refractivity contribution in [3.05, 3.63) is 68.4 Å². The van der Waals surface area contributed by atoms with E-state index in [-0.39, 0.29) is 22.6 Å². The lowest BCUT2D eigenvalue weighted by molar-refractivity contribution is -0.113. The maximum atomic E-state index is 12.6. The Morgan fingerprint density at radius 2 is 1.88 bits per heavy atom. The molecule has 174 valence electrons. The summed E-state index contributed by atoms with van der Waals surface area (Å²) in [5.41, 5.74) is 1.79. The first kappa shape index (κ1) is 25.4. The second-order valence-corrected chi connectivity index (χ2v) is 9.35. The molecule has 0 bridgehead atoms. The molecule has 0 aliphatic heterocycles. The van der Waals surface area contributed by atoms with Gasteiger partial charge in [0.15, 0.2) is 11.0 Å². The van der Waals surface area contributed by atoms with E-state index in [4.69, 9.17) is 34.8 Å². The Bertz CT molecular complexity index is 1180. The number of nitrogens with one attached hydrogen (secondary N) is 2. The highest BCUT2D eigenvalue weighted by atomic mass is 35.5. The first-order valence-corrected chi connectivity index (χ1v) is 12.2. The number of thioether (sulfide) groups is 1. The van der Waals surface area contributed by atoms with Crippen LogP contribution in [0.25, 0.3) is 0 Å². The average Bonchev–Trinajstić information content (AvgIpc) is 3.18. The number of aromatic nitrogens is 3. The summed E-state index contributed by atoms with van der Waals surface area (Å²) in [6.07, 6.45) is 0. The van der Waals surface area contributed by atoms with Gasteiger partial charge in [-0.25, -0.2) is 0 Å². The lowest BCUT2D eigenvalue weighted by Crippen LogP contribution is -2.29. The molecule has 1 heterocycles. The van der Waals surface area contributed by atoms with E-state index >= 15 is 0 Å². The Morgan fingerprint density at radius 3 is 2.58 bits per heavy atom. The van der Waals surface area contributed by atoms with Gasteiger partial charge in [0, 0.05) is 22.3 Å². The Labute approximate surface area is 211 Å². The number of benzene rings is 2. The lowest BCUT2D eigenvalue weighted by Gasteiger charge is -2.15. The molecule has 0 unspecified atom stereocenters. The minimum Gasteiger partial charge on any atom is -0.342 e. The topological polar surface area (TPSA) is 88.9 Å². The molecule has 11 heteroatoms. The highest BCUT2D eigenvalue weighted by Gasteiger charge is 2.21. The second-order valence-electron chi connectivity index (χ2n) is 7.15. The summed E-state index contributed by atoms with van der Waals surface area (Å²) in [6.45, 7) is 6.16. The first-order chi connectivity index (χ1) is 15.7. The van der Waals surface area contributed by atoms with Crippen molar-refractivity contribution in [2.75, 3.05) is 11.1 Å². The van der Waals surface area contributed by atoms with Gasteiger partial charge in [0.25, 0.3) is 5.91 Å². The molecule has 1 atom stereocenters. The molecular weight excluding hydrogens is 505 g/mol. The molecule has 0 aliphatic carbocycles. The van der Waals surface area contributed by atoms with E-state index in [1.165, 1.54) is 17.8 Å². The van der Waals surface area contributed by atoms with Crippen LogP contribution in [-0.2, 0) is 11.3 Å². The van der Waals surface area contributed by atoms with Gasteiger partial charge in [0.1, 0.15) is 0 Å². The standard InChI is InChI=1S/C22H22Cl3N5O2S/c1-4-30-20(13(3)26-21(32)15-9-8-14(23)10-17(15)25)28-29-22(30)33-11-19(31)27-18-7-5-6-16(24)12(18)2/h5-10,13H,4,11H2,1-3H3,(H,26,32)(H,27,31)/t13-/m1/s1. The molecule has 33 heavy (non-hydrogen) atoms. The summed E-state index contributed by atoms with van der Waals surface area (Å²) >= 11 is 19.4. The highest BCUT2D eigenvalue weighted by Crippen LogP contribution is 2.25. The number of carbonyl (C=O) groups is 2. The van der Waals surface area contributed by atoms with Gasteiger partial charge >= 0.3 is 0 Å². The van der Waals surface area contributed by atoms with Gasteiger partial charge < -0.3 is 15.2 Å². The molecule has 0 radical (unpaired) electrons. The number of anilines is 1. The predicted molar refractivity (Wildman–Crippen MR) is 134 cm³/mol. The Morgan fingerprint density at radius 1 is 1.12 bits per heavy atom. The van der Waals surface area contributed by atoms with Gasteiger partial charge in [0.05, 0.1) is 22.4 Å². The molecule has 0 aliphatic rings. The zero-order valence-corrected chi connectivity index (χ0v) is 21.2. The summed E-state index contributed by atoms with van der Waals surface area (Å²) in [5.74, 6) is 0.187. The van der Waals surface area contributed by atoms with Crippen LogP contribution in [0.5, 0.6) is 0 Å². The van der Waals surface area contributed by atoms with E-state index in [0.29, 0.717) is 38.8 Å². The molecule has 0 saturated heterocycles. The average molecular weight is 527 g/mol. The van der Waals surface area contributed by atoms with Crippen LogP contribution in [0.15, 0.2) is 41.6 Å². The minimum atomic E-state index is -0.436. The number of halogens is 3. The SMILES string of the molecule is CCn1c(SCC(=O)Nc2cccc(Cl)c2C)nnc1[C@@H](C)NC(=O)c1ccc(Cl)cc1Cl. The van der Waals surface area contributed by atoms with Crippen LogP contribution in [0.1, 0.15) is 41.6 Å². The molecule has 2 amide bonds. The van der Waals surface area contributed by atoms with Crippen LogP contribution in [0.2, 0.25) is 15.1 Å². The fourth-order valence-corrected chi connectivity index (χ4v) is 4.57. The van der Waals surface area contributed by atoms with Gasteiger partial charge in [-0.15, -0.1) is 10.2 Å². The number of carbonyl (C=O) groups excluding carboxylic acids is 2. The number of rotatable bonds is 8. The quantitative estimate of drug-likeness (QED) is 0.363. The zero-order valence-electron chi connectivity index (χ0n) is 18.2. The van der Waals surface area contributed by atoms with Crippen molar-refractivity contribution in [1.29, 1.82) is 0 Å². The third-order valence-corrected chi connectivity index (χ3v) is 6.77. The smallest absolute Gasteiger partial charge is 0.253 e. The summed E-state index contributed by atoms with van der Waals surface area (Å²) < 4.78 is 1.86. The van der Waals surface area contributed by atoms with E-state index in [2.05, 4.69) is 20.8 Å². The number of hydrogen-bond acceptors (Lipinski definition) is 5. The van der Waals surface area contributed by atoms with Crippen molar-refractivity contribution in [1.82, 2.24) is 20.1 Å². The number of hydrogen-bond donors (Lipinski definition) is 2. The predicted octanol–water partition coefficient (Wildman–Crippen LogP) is 5.79. The molecule has 2 aromatic carbocycles. The Hall–Kier alpha value is -2.26. The third-order valence-electron chi connectivity index (χ3n) is 4.85. The highest BCUT2D eigenvalue weighted by molar-refractivity contribution is 7.99. The van der Waals surface area contributed by atoms with Crippen LogP contribution in [0.3, 0.4) is 0 Å². The molecular formula is C22H22Cl3N5O2S. The van der Waals surface area contributed by atoms with Crippen molar-refractivity contribution >= 4 is 64.1 Å². The van der Waals surface area contributed by atoms with Gasteiger partial charge in [-0.2, -0.15) is 0 Å². The molecule has 3 rings (SSSR count). The van der Waals surface area contributed by atoms with Gasteiger partial charge in [-0.1, -0.05) is 52.6 Å². The minimum absolute atomic E-state index is 0.144. The zero-order chi connectivity index (χ0) is 24.1. The molecule has 0 fully saturated rings.